The molecule has 0 radical (unpaired) electrons. The maximum Gasteiger partial charge on any atom is 0.325 e. The van der Waals surface area contributed by atoms with E-state index in [4.69, 9.17) is 4.74 Å². The molecule has 1 aliphatic heterocycles. The maximum absolute atomic E-state index is 11.5. The molecule has 1 heterocycles. The second-order valence-corrected chi connectivity index (χ2v) is 4.61. The number of benzene rings is 1. The number of rotatable bonds is 4. The van der Waals surface area contributed by atoms with Crippen molar-refractivity contribution in [3.8, 4) is 5.75 Å². The normalized spacial score (nSPS) is 18.3. The lowest BCUT2D eigenvalue weighted by Crippen LogP contribution is -2.37. The maximum atomic E-state index is 11.5. The molecule has 1 atom stereocenters. The minimum Gasteiger partial charge on any atom is -0.497 e. The number of piperidine rings is 1. The topological polar surface area (TPSA) is 49.8 Å². The molecule has 98 valence electrons. The lowest BCUT2D eigenvalue weighted by Gasteiger charge is -2.32. The predicted molar refractivity (Wildman–Crippen MR) is 68.8 cm³/mol. The summed E-state index contributed by atoms with van der Waals surface area (Å²) in [4.78, 5) is 13.6. The van der Waals surface area contributed by atoms with Crippen LogP contribution in [0.2, 0.25) is 0 Å². The van der Waals surface area contributed by atoms with Crippen LogP contribution in [0.4, 0.5) is 0 Å². The molecule has 0 amide bonds. The smallest absolute Gasteiger partial charge is 0.325 e. The van der Waals surface area contributed by atoms with Crippen molar-refractivity contribution in [2.45, 2.75) is 25.3 Å². The van der Waals surface area contributed by atoms with Gasteiger partial charge in [0.1, 0.15) is 11.8 Å². The summed E-state index contributed by atoms with van der Waals surface area (Å²) in [5.41, 5.74) is 0.795. The van der Waals surface area contributed by atoms with Gasteiger partial charge in [0.2, 0.25) is 0 Å². The zero-order chi connectivity index (χ0) is 13.0. The Hall–Kier alpha value is -1.55. The fraction of sp³-hybridized carbons (Fsp3) is 0.500. The van der Waals surface area contributed by atoms with Gasteiger partial charge in [0.25, 0.3) is 0 Å². The summed E-state index contributed by atoms with van der Waals surface area (Å²) in [5.74, 6) is -0.0825. The first-order chi connectivity index (χ1) is 8.72. The Kier molecular flexibility index (Phi) is 4.20. The van der Waals surface area contributed by atoms with Gasteiger partial charge in [0, 0.05) is 0 Å². The summed E-state index contributed by atoms with van der Waals surface area (Å²) in [7, 11) is 1.59. The fourth-order valence-corrected chi connectivity index (χ4v) is 2.50. The van der Waals surface area contributed by atoms with Crippen LogP contribution in [-0.4, -0.2) is 36.2 Å². The molecule has 1 aromatic rings. The van der Waals surface area contributed by atoms with Gasteiger partial charge < -0.3 is 9.84 Å². The van der Waals surface area contributed by atoms with Crippen LogP contribution >= 0.6 is 0 Å². The van der Waals surface area contributed by atoms with Gasteiger partial charge in [-0.15, -0.1) is 0 Å². The molecule has 1 aliphatic rings. The molecule has 4 nitrogen and oxygen atoms in total. The Morgan fingerprint density at radius 3 is 2.67 bits per heavy atom. The first-order valence-corrected chi connectivity index (χ1v) is 6.33. The Morgan fingerprint density at radius 1 is 1.33 bits per heavy atom. The van der Waals surface area contributed by atoms with E-state index in [1.54, 1.807) is 7.11 Å². The molecule has 0 saturated carbocycles. The second-order valence-electron chi connectivity index (χ2n) is 4.61. The largest absolute Gasteiger partial charge is 0.497 e. The number of likely N-dealkylation sites (tertiary alicyclic amines) is 1. The van der Waals surface area contributed by atoms with Gasteiger partial charge >= 0.3 is 5.97 Å². The SMILES string of the molecule is COc1cccc([C@@H](C(=O)O)N2CCCCC2)c1. The van der Waals surface area contributed by atoms with Crippen molar-refractivity contribution in [1.29, 1.82) is 0 Å². The highest BCUT2D eigenvalue weighted by atomic mass is 16.5. The van der Waals surface area contributed by atoms with E-state index >= 15 is 0 Å². The molecule has 0 unspecified atom stereocenters. The van der Waals surface area contributed by atoms with E-state index in [0.717, 1.165) is 31.5 Å². The lowest BCUT2D eigenvalue weighted by molar-refractivity contribution is -0.144. The summed E-state index contributed by atoms with van der Waals surface area (Å²) in [6, 6.07) is 6.79. The van der Waals surface area contributed by atoms with E-state index in [1.807, 2.05) is 29.2 Å². The average Bonchev–Trinajstić information content (AvgIpc) is 2.40. The van der Waals surface area contributed by atoms with Crippen LogP contribution in [0.3, 0.4) is 0 Å². The summed E-state index contributed by atoms with van der Waals surface area (Å²) in [6.45, 7) is 1.71. The Balaban J connectivity index is 2.25. The molecule has 2 rings (SSSR count). The number of carboxylic acids is 1. The third kappa shape index (κ3) is 2.82. The number of carbonyl (C=O) groups is 1. The van der Waals surface area contributed by atoms with E-state index < -0.39 is 12.0 Å². The number of carboxylic acid groups (broad SMARTS) is 1. The third-order valence-electron chi connectivity index (χ3n) is 3.40. The molecular formula is C14H19NO3. The molecule has 0 aliphatic carbocycles. The molecular weight excluding hydrogens is 230 g/mol. The first-order valence-electron chi connectivity index (χ1n) is 6.33. The molecule has 0 aromatic heterocycles. The van der Waals surface area contributed by atoms with Gasteiger partial charge in [0.05, 0.1) is 7.11 Å². The van der Waals surface area contributed by atoms with E-state index in [2.05, 4.69) is 0 Å². The van der Waals surface area contributed by atoms with Crippen molar-refractivity contribution in [1.82, 2.24) is 4.90 Å². The van der Waals surface area contributed by atoms with Crippen molar-refractivity contribution < 1.29 is 14.6 Å². The van der Waals surface area contributed by atoms with Gasteiger partial charge in [-0.1, -0.05) is 18.6 Å². The number of nitrogens with zero attached hydrogens (tertiary/aromatic N) is 1. The second kappa shape index (κ2) is 5.87. The summed E-state index contributed by atoms with van der Waals surface area (Å²) in [5, 5.41) is 9.46. The zero-order valence-corrected chi connectivity index (χ0v) is 10.6. The average molecular weight is 249 g/mol. The van der Waals surface area contributed by atoms with Crippen molar-refractivity contribution in [3.05, 3.63) is 29.8 Å². The Morgan fingerprint density at radius 2 is 2.06 bits per heavy atom. The van der Waals surface area contributed by atoms with Crippen molar-refractivity contribution in [2.24, 2.45) is 0 Å². The monoisotopic (exact) mass is 249 g/mol. The minimum absolute atomic E-state index is 0.555. The predicted octanol–water partition coefficient (Wildman–Crippen LogP) is 2.31. The number of hydrogen-bond acceptors (Lipinski definition) is 3. The molecule has 1 fully saturated rings. The molecule has 0 spiro atoms. The number of hydrogen-bond donors (Lipinski definition) is 1. The Bertz CT molecular complexity index is 413. The van der Waals surface area contributed by atoms with Crippen molar-refractivity contribution >= 4 is 5.97 Å². The van der Waals surface area contributed by atoms with E-state index in [0.29, 0.717) is 5.75 Å². The first kappa shape index (κ1) is 12.9. The number of methoxy groups -OCH3 is 1. The highest BCUT2D eigenvalue weighted by Gasteiger charge is 2.28. The van der Waals surface area contributed by atoms with Gasteiger partial charge in [-0.3, -0.25) is 9.69 Å². The summed E-state index contributed by atoms with van der Waals surface area (Å²) < 4.78 is 5.16. The molecule has 18 heavy (non-hydrogen) atoms. The quantitative estimate of drug-likeness (QED) is 0.889. The molecule has 0 bridgehead atoms. The van der Waals surface area contributed by atoms with Crippen LogP contribution < -0.4 is 4.74 Å². The Labute approximate surface area is 107 Å². The van der Waals surface area contributed by atoms with E-state index in [9.17, 15) is 9.90 Å². The van der Waals surface area contributed by atoms with Crippen molar-refractivity contribution in [3.63, 3.8) is 0 Å². The number of ether oxygens (including phenoxy) is 1. The highest BCUT2D eigenvalue weighted by Crippen LogP contribution is 2.27. The van der Waals surface area contributed by atoms with E-state index in [-0.39, 0.29) is 0 Å². The van der Waals surface area contributed by atoms with Crippen LogP contribution in [0, 0.1) is 0 Å². The highest BCUT2D eigenvalue weighted by molar-refractivity contribution is 5.75. The fourth-order valence-electron chi connectivity index (χ4n) is 2.50. The van der Waals surface area contributed by atoms with Gasteiger partial charge in [-0.05, 0) is 43.6 Å². The summed E-state index contributed by atoms with van der Waals surface area (Å²) >= 11 is 0. The molecule has 4 heteroatoms. The number of aliphatic carboxylic acids is 1. The van der Waals surface area contributed by atoms with Gasteiger partial charge in [-0.2, -0.15) is 0 Å². The standard InChI is InChI=1S/C14H19NO3/c1-18-12-7-5-6-11(10-12)13(14(16)17)15-8-3-2-4-9-15/h5-7,10,13H,2-4,8-9H2,1H3,(H,16,17)/t13-/m0/s1. The molecule has 1 aromatic carbocycles. The van der Waals surface area contributed by atoms with Crippen LogP contribution in [0.25, 0.3) is 0 Å². The molecule has 1 N–H and O–H groups in total. The van der Waals surface area contributed by atoms with Gasteiger partial charge in [-0.25, -0.2) is 0 Å². The summed E-state index contributed by atoms with van der Waals surface area (Å²) in [6.07, 6.45) is 3.35. The molecule has 1 saturated heterocycles. The van der Waals surface area contributed by atoms with Crippen LogP contribution in [0.5, 0.6) is 5.75 Å². The van der Waals surface area contributed by atoms with Crippen LogP contribution in [-0.2, 0) is 4.79 Å². The van der Waals surface area contributed by atoms with E-state index in [1.165, 1.54) is 6.42 Å². The van der Waals surface area contributed by atoms with Gasteiger partial charge in [0.15, 0.2) is 0 Å². The van der Waals surface area contributed by atoms with Crippen molar-refractivity contribution in [2.75, 3.05) is 20.2 Å². The van der Waals surface area contributed by atoms with Crippen LogP contribution in [0.15, 0.2) is 24.3 Å². The third-order valence-corrected chi connectivity index (χ3v) is 3.40. The minimum atomic E-state index is -0.787. The lowest BCUT2D eigenvalue weighted by atomic mass is 10.0. The van der Waals surface area contributed by atoms with Crippen LogP contribution in [0.1, 0.15) is 30.9 Å². The zero-order valence-electron chi connectivity index (χ0n) is 10.6.